The fraction of sp³-hybridized carbons (Fsp3) is 0.333. The Kier molecular flexibility index (Phi) is 2.81. The molecule has 0 saturated heterocycles. The van der Waals surface area contributed by atoms with Gasteiger partial charge in [0, 0.05) is 6.42 Å². The Morgan fingerprint density at radius 3 is 3.10 bits per heavy atom. The van der Waals surface area contributed by atoms with Gasteiger partial charge in [0.25, 0.3) is 0 Å². The molecule has 0 aliphatic carbocycles. The van der Waals surface area contributed by atoms with Crippen LogP contribution in [0, 0.1) is 0 Å². The minimum atomic E-state index is 1.03. The predicted octanol–water partition coefficient (Wildman–Crippen LogP) is 2.79. The van der Waals surface area contributed by atoms with Crippen molar-refractivity contribution in [3.8, 4) is 0 Å². The van der Waals surface area contributed by atoms with E-state index in [9.17, 15) is 0 Å². The summed E-state index contributed by atoms with van der Waals surface area (Å²) in [5.41, 5.74) is 0. The maximum atomic E-state index is 5.15. The molecule has 1 nitrogen and oxygen atoms in total. The van der Waals surface area contributed by atoms with Gasteiger partial charge in [-0.2, -0.15) is 0 Å². The van der Waals surface area contributed by atoms with E-state index in [0.717, 1.165) is 25.0 Å². The number of unbranched alkanes of at least 4 members (excludes halogenated alkanes) is 1. The van der Waals surface area contributed by atoms with E-state index >= 15 is 0 Å². The maximum Gasteiger partial charge on any atom is 0.103 e. The van der Waals surface area contributed by atoms with E-state index in [1.807, 2.05) is 18.2 Å². The Bertz CT molecular complexity index is 175. The van der Waals surface area contributed by atoms with E-state index in [-0.39, 0.29) is 0 Å². The van der Waals surface area contributed by atoms with Crippen molar-refractivity contribution in [2.45, 2.75) is 19.3 Å². The van der Waals surface area contributed by atoms with Crippen molar-refractivity contribution in [2.75, 3.05) is 0 Å². The predicted molar refractivity (Wildman–Crippen MR) is 41.8 cm³/mol. The SMILES string of the molecule is C=CCCCc1ccco1. The minimum absolute atomic E-state index is 1.03. The van der Waals surface area contributed by atoms with Crippen LogP contribution in [-0.4, -0.2) is 0 Å². The highest BCUT2D eigenvalue weighted by molar-refractivity contribution is 4.98. The van der Waals surface area contributed by atoms with E-state index in [1.165, 1.54) is 0 Å². The van der Waals surface area contributed by atoms with Crippen LogP contribution in [0.1, 0.15) is 18.6 Å². The number of hydrogen-bond donors (Lipinski definition) is 0. The van der Waals surface area contributed by atoms with Gasteiger partial charge in [-0.25, -0.2) is 0 Å². The van der Waals surface area contributed by atoms with Crippen LogP contribution >= 0.6 is 0 Å². The Hall–Kier alpha value is -0.980. The first-order valence-corrected chi connectivity index (χ1v) is 3.57. The van der Waals surface area contributed by atoms with Crippen molar-refractivity contribution in [3.63, 3.8) is 0 Å². The zero-order chi connectivity index (χ0) is 7.23. The fourth-order valence-corrected chi connectivity index (χ4v) is 0.875. The van der Waals surface area contributed by atoms with Gasteiger partial charge in [0.2, 0.25) is 0 Å². The van der Waals surface area contributed by atoms with Gasteiger partial charge < -0.3 is 4.42 Å². The number of rotatable bonds is 4. The number of allylic oxidation sites excluding steroid dienone is 1. The van der Waals surface area contributed by atoms with Gasteiger partial charge in [-0.1, -0.05) is 6.08 Å². The smallest absolute Gasteiger partial charge is 0.103 e. The minimum Gasteiger partial charge on any atom is -0.469 e. The summed E-state index contributed by atoms with van der Waals surface area (Å²) in [5.74, 6) is 1.07. The average molecular weight is 136 g/mol. The van der Waals surface area contributed by atoms with Crippen molar-refractivity contribution < 1.29 is 4.42 Å². The van der Waals surface area contributed by atoms with E-state index in [4.69, 9.17) is 4.42 Å². The maximum absolute atomic E-state index is 5.15. The van der Waals surface area contributed by atoms with E-state index in [1.54, 1.807) is 6.26 Å². The molecule has 1 heteroatoms. The molecule has 54 valence electrons. The van der Waals surface area contributed by atoms with Gasteiger partial charge in [-0.05, 0) is 25.0 Å². The Morgan fingerprint density at radius 2 is 2.50 bits per heavy atom. The number of aryl methyl sites for hydroxylation is 1. The van der Waals surface area contributed by atoms with Crippen LogP contribution in [-0.2, 0) is 6.42 Å². The first-order chi connectivity index (χ1) is 4.93. The molecule has 0 aromatic carbocycles. The van der Waals surface area contributed by atoms with Gasteiger partial charge in [0.05, 0.1) is 6.26 Å². The summed E-state index contributed by atoms with van der Waals surface area (Å²) in [6.07, 6.45) is 6.88. The molecule has 0 fully saturated rings. The third-order valence-electron chi connectivity index (χ3n) is 1.41. The molecule has 0 unspecified atom stereocenters. The lowest BCUT2D eigenvalue weighted by molar-refractivity contribution is 0.503. The van der Waals surface area contributed by atoms with E-state index in [2.05, 4.69) is 6.58 Å². The lowest BCUT2D eigenvalue weighted by Crippen LogP contribution is -1.78. The molecule has 0 aliphatic rings. The summed E-state index contributed by atoms with van der Waals surface area (Å²) >= 11 is 0. The second kappa shape index (κ2) is 3.94. The number of hydrogen-bond acceptors (Lipinski definition) is 1. The Morgan fingerprint density at radius 1 is 1.60 bits per heavy atom. The quantitative estimate of drug-likeness (QED) is 0.458. The molecular weight excluding hydrogens is 124 g/mol. The van der Waals surface area contributed by atoms with Crippen LogP contribution in [0.25, 0.3) is 0 Å². The van der Waals surface area contributed by atoms with Crippen molar-refractivity contribution in [1.29, 1.82) is 0 Å². The van der Waals surface area contributed by atoms with Crippen LogP contribution in [0.5, 0.6) is 0 Å². The molecule has 0 N–H and O–H groups in total. The highest BCUT2D eigenvalue weighted by Crippen LogP contribution is 2.04. The summed E-state index contributed by atoms with van der Waals surface area (Å²) in [6, 6.07) is 3.92. The summed E-state index contributed by atoms with van der Waals surface area (Å²) in [7, 11) is 0. The van der Waals surface area contributed by atoms with Crippen molar-refractivity contribution in [3.05, 3.63) is 36.8 Å². The van der Waals surface area contributed by atoms with Crippen LogP contribution in [0.3, 0.4) is 0 Å². The van der Waals surface area contributed by atoms with Gasteiger partial charge in [-0.3, -0.25) is 0 Å². The lowest BCUT2D eigenvalue weighted by atomic mass is 10.2. The highest BCUT2D eigenvalue weighted by Gasteiger charge is 1.92. The Balaban J connectivity index is 2.21. The normalized spacial score (nSPS) is 9.60. The standard InChI is InChI=1S/C9H12O/c1-2-3-4-6-9-7-5-8-10-9/h2,5,7-8H,1,3-4,6H2. The largest absolute Gasteiger partial charge is 0.469 e. The summed E-state index contributed by atoms with van der Waals surface area (Å²) in [5, 5.41) is 0. The summed E-state index contributed by atoms with van der Waals surface area (Å²) < 4.78 is 5.15. The third kappa shape index (κ3) is 2.09. The molecule has 0 amide bonds. The molecule has 0 saturated carbocycles. The molecule has 1 aromatic rings. The number of furan rings is 1. The fourth-order valence-electron chi connectivity index (χ4n) is 0.875. The van der Waals surface area contributed by atoms with Gasteiger partial charge in [0.15, 0.2) is 0 Å². The zero-order valence-electron chi connectivity index (χ0n) is 6.05. The average Bonchev–Trinajstić information content (AvgIpc) is 2.41. The zero-order valence-corrected chi connectivity index (χ0v) is 6.05. The molecule has 0 spiro atoms. The Labute approximate surface area is 61.4 Å². The first-order valence-electron chi connectivity index (χ1n) is 3.57. The van der Waals surface area contributed by atoms with E-state index in [0.29, 0.717) is 0 Å². The highest BCUT2D eigenvalue weighted by atomic mass is 16.3. The van der Waals surface area contributed by atoms with Crippen molar-refractivity contribution in [1.82, 2.24) is 0 Å². The first kappa shape index (κ1) is 7.13. The topological polar surface area (TPSA) is 13.1 Å². The van der Waals surface area contributed by atoms with Gasteiger partial charge in [0.1, 0.15) is 5.76 Å². The van der Waals surface area contributed by atoms with Gasteiger partial charge >= 0.3 is 0 Å². The molecule has 1 aromatic heterocycles. The molecule has 0 bridgehead atoms. The third-order valence-corrected chi connectivity index (χ3v) is 1.41. The molecule has 0 aliphatic heterocycles. The molecule has 10 heavy (non-hydrogen) atoms. The second-order valence-corrected chi connectivity index (χ2v) is 2.26. The van der Waals surface area contributed by atoms with Crippen molar-refractivity contribution in [2.24, 2.45) is 0 Å². The van der Waals surface area contributed by atoms with E-state index < -0.39 is 0 Å². The van der Waals surface area contributed by atoms with Crippen LogP contribution in [0.2, 0.25) is 0 Å². The molecule has 1 heterocycles. The second-order valence-electron chi connectivity index (χ2n) is 2.26. The summed E-state index contributed by atoms with van der Waals surface area (Å²) in [6.45, 7) is 3.65. The lowest BCUT2D eigenvalue weighted by Gasteiger charge is -1.91. The van der Waals surface area contributed by atoms with Crippen LogP contribution in [0.4, 0.5) is 0 Å². The van der Waals surface area contributed by atoms with Crippen molar-refractivity contribution >= 4 is 0 Å². The van der Waals surface area contributed by atoms with Crippen LogP contribution < -0.4 is 0 Å². The monoisotopic (exact) mass is 136 g/mol. The van der Waals surface area contributed by atoms with Gasteiger partial charge in [-0.15, -0.1) is 6.58 Å². The summed E-state index contributed by atoms with van der Waals surface area (Å²) in [4.78, 5) is 0. The molecule has 0 atom stereocenters. The molecule has 1 rings (SSSR count). The van der Waals surface area contributed by atoms with Crippen LogP contribution in [0.15, 0.2) is 35.5 Å². The molecular formula is C9H12O. The molecule has 0 radical (unpaired) electrons.